The van der Waals surface area contributed by atoms with Crippen LogP contribution in [0.15, 0.2) is 97.1 Å². The summed E-state index contributed by atoms with van der Waals surface area (Å²) in [6, 6.07) is 32.0. The predicted molar refractivity (Wildman–Crippen MR) is 192 cm³/mol. The molecule has 1 N–H and O–H groups in total. The zero-order valence-corrected chi connectivity index (χ0v) is 29.2. The van der Waals surface area contributed by atoms with Gasteiger partial charge in [-0.3, -0.25) is 19.4 Å². The Morgan fingerprint density at radius 1 is 0.760 bits per heavy atom. The van der Waals surface area contributed by atoms with Crippen LogP contribution in [-0.2, 0) is 22.6 Å². The number of nitrogens with zero attached hydrogens (tertiary/aromatic N) is 2. The molecule has 0 radical (unpaired) electrons. The molecule has 8 rings (SSSR count). The molecule has 2 bridgehead atoms. The van der Waals surface area contributed by atoms with Crippen molar-refractivity contribution >= 4 is 11.8 Å². The number of likely N-dealkylation sites (tertiary alicyclic amines) is 1. The number of carbonyl (C=O) groups excluding carboxylic acids is 2. The third-order valence-electron chi connectivity index (χ3n) is 11.2. The van der Waals surface area contributed by atoms with E-state index in [0.29, 0.717) is 28.0 Å². The lowest BCUT2D eigenvalue weighted by atomic mass is 9.65. The van der Waals surface area contributed by atoms with Crippen molar-refractivity contribution in [2.24, 2.45) is 10.8 Å². The van der Waals surface area contributed by atoms with E-state index in [1.54, 1.807) is 24.3 Å². The fourth-order valence-electron chi connectivity index (χ4n) is 9.36. The van der Waals surface area contributed by atoms with Gasteiger partial charge in [0.05, 0.1) is 36.5 Å². The molecule has 3 aliphatic heterocycles. The minimum atomic E-state index is -0.549. The highest BCUT2D eigenvalue weighted by Gasteiger charge is 2.50. The average Bonchev–Trinajstić information content (AvgIpc) is 3.50. The van der Waals surface area contributed by atoms with Crippen LogP contribution >= 0.6 is 0 Å². The maximum atomic E-state index is 13.0. The third-order valence-corrected chi connectivity index (χ3v) is 11.2. The van der Waals surface area contributed by atoms with Gasteiger partial charge in [-0.15, -0.1) is 0 Å². The minimum Gasteiger partial charge on any atom is -0.392 e. The Kier molecular flexibility index (Phi) is 8.51. The molecule has 0 spiro atoms. The topological polar surface area (TPSA) is 79.3 Å². The van der Waals surface area contributed by atoms with Gasteiger partial charge in [0.1, 0.15) is 0 Å². The molecule has 5 atom stereocenters. The normalized spacial score (nSPS) is 27.5. The second kappa shape index (κ2) is 12.9. The van der Waals surface area contributed by atoms with Crippen LogP contribution in [0, 0.1) is 10.8 Å². The fourth-order valence-corrected chi connectivity index (χ4v) is 9.36. The van der Waals surface area contributed by atoms with Crippen molar-refractivity contribution in [3.8, 4) is 11.1 Å². The second-order valence-electron chi connectivity index (χ2n) is 16.1. The van der Waals surface area contributed by atoms with Crippen molar-refractivity contribution in [3.63, 3.8) is 0 Å². The number of ether oxygens (including phenoxy) is 2. The van der Waals surface area contributed by atoms with Crippen LogP contribution in [0.5, 0.6) is 0 Å². The van der Waals surface area contributed by atoms with Crippen LogP contribution in [0.3, 0.4) is 0 Å². The standard InChI is InChI=1S/C43H46N2O5/c1-42(2)21-34-22-43(3,26-42)27-44(34)24-35-20-38(30-16-14-28(25-46)15-17-30)50-41(49-35)33-11-7-10-32(19-33)31-9-6-8-29(18-31)23-45-39(47)36-12-4-5-13-37(36)40(45)48/h4-19,34-35,38,41,46H,20-27H2,1-3H3/t34?,35-,38+,41+,43?/m0/s1. The van der Waals surface area contributed by atoms with Gasteiger partial charge < -0.3 is 14.6 Å². The highest BCUT2D eigenvalue weighted by molar-refractivity contribution is 6.21. The number of benzene rings is 4. The molecule has 4 aromatic rings. The van der Waals surface area contributed by atoms with E-state index in [-0.39, 0.29) is 37.2 Å². The predicted octanol–water partition coefficient (Wildman–Crippen LogP) is 8.09. The van der Waals surface area contributed by atoms with E-state index in [1.165, 1.54) is 24.2 Å². The van der Waals surface area contributed by atoms with Crippen LogP contribution in [-0.4, -0.2) is 52.0 Å². The number of aliphatic hydroxyl groups excluding tert-OH is 1. The molecule has 7 nitrogen and oxygen atoms in total. The lowest BCUT2D eigenvalue weighted by Crippen LogP contribution is -2.42. The highest BCUT2D eigenvalue weighted by Crippen LogP contribution is 2.53. The molecule has 4 aromatic carbocycles. The summed E-state index contributed by atoms with van der Waals surface area (Å²) in [6.07, 6.45) is 3.79. The number of imide groups is 1. The van der Waals surface area contributed by atoms with Crippen LogP contribution in [0.1, 0.15) is 102 Å². The number of carbonyl (C=O) groups is 2. The molecule has 7 heteroatoms. The molecule has 3 heterocycles. The maximum absolute atomic E-state index is 13.0. The quantitative estimate of drug-likeness (QED) is 0.191. The molecule has 2 amide bonds. The number of rotatable bonds is 8. The summed E-state index contributed by atoms with van der Waals surface area (Å²) < 4.78 is 13.6. The van der Waals surface area contributed by atoms with Crippen LogP contribution in [0.4, 0.5) is 0 Å². The number of hydrogen-bond donors (Lipinski definition) is 1. The summed E-state index contributed by atoms with van der Waals surface area (Å²) in [4.78, 5) is 30.1. The van der Waals surface area contributed by atoms with Crippen molar-refractivity contribution in [2.45, 2.75) is 84.1 Å². The molecule has 50 heavy (non-hydrogen) atoms. The molecule has 0 aromatic heterocycles. The molecule has 1 saturated carbocycles. The van der Waals surface area contributed by atoms with Gasteiger partial charge in [-0.2, -0.15) is 0 Å². The van der Waals surface area contributed by atoms with Crippen LogP contribution in [0.25, 0.3) is 11.1 Å². The smallest absolute Gasteiger partial charge is 0.261 e. The SMILES string of the molecule is CC1(C)CC2CC(C)(CN2C[C@@H]2C[C@H](c3ccc(CO)cc3)O[C@H](c3cccc(-c4cccc(CN5C(=O)c6ccccc6C5=O)c4)c3)O2)C1. The average molecular weight is 671 g/mol. The van der Waals surface area contributed by atoms with Crippen LogP contribution in [0.2, 0.25) is 0 Å². The van der Waals surface area contributed by atoms with Gasteiger partial charge in [-0.05, 0) is 82.2 Å². The summed E-state index contributed by atoms with van der Waals surface area (Å²) in [6.45, 7) is 9.50. The molecule has 3 fully saturated rings. The van der Waals surface area contributed by atoms with E-state index in [1.807, 2.05) is 36.4 Å². The Balaban J connectivity index is 1.04. The second-order valence-corrected chi connectivity index (χ2v) is 16.1. The Bertz CT molecular complexity index is 1890. The van der Waals surface area contributed by atoms with E-state index in [2.05, 4.69) is 62.1 Å². The molecule has 2 unspecified atom stereocenters. The Hall–Kier alpha value is -4.14. The van der Waals surface area contributed by atoms with Crippen molar-refractivity contribution in [1.82, 2.24) is 9.80 Å². The van der Waals surface area contributed by atoms with Crippen LogP contribution < -0.4 is 0 Å². The first-order valence-corrected chi connectivity index (χ1v) is 18.0. The van der Waals surface area contributed by atoms with E-state index in [4.69, 9.17) is 9.47 Å². The number of fused-ring (bicyclic) bond motifs is 3. The van der Waals surface area contributed by atoms with Crippen molar-refractivity contribution in [2.75, 3.05) is 13.1 Å². The maximum Gasteiger partial charge on any atom is 0.261 e. The first kappa shape index (κ1) is 33.0. The van der Waals surface area contributed by atoms with Gasteiger partial charge >= 0.3 is 0 Å². The summed E-state index contributed by atoms with van der Waals surface area (Å²) in [5.74, 6) is -0.509. The first-order chi connectivity index (χ1) is 24.1. The number of amides is 2. The van der Waals surface area contributed by atoms with Gasteiger partial charge in [0.15, 0.2) is 6.29 Å². The molecular formula is C43H46N2O5. The lowest BCUT2D eigenvalue weighted by molar-refractivity contribution is -0.253. The van der Waals surface area contributed by atoms with Crippen molar-refractivity contribution < 1.29 is 24.2 Å². The summed E-state index contributed by atoms with van der Waals surface area (Å²) >= 11 is 0. The largest absolute Gasteiger partial charge is 0.392 e. The molecule has 4 aliphatic rings. The lowest BCUT2D eigenvalue weighted by Gasteiger charge is -2.41. The summed E-state index contributed by atoms with van der Waals surface area (Å²) in [5, 5.41) is 9.64. The first-order valence-electron chi connectivity index (χ1n) is 18.0. The molecule has 258 valence electrons. The highest BCUT2D eigenvalue weighted by atomic mass is 16.7. The van der Waals surface area contributed by atoms with E-state index in [0.717, 1.165) is 52.9 Å². The van der Waals surface area contributed by atoms with Crippen molar-refractivity contribution in [1.29, 1.82) is 0 Å². The Morgan fingerprint density at radius 2 is 1.46 bits per heavy atom. The monoisotopic (exact) mass is 670 g/mol. The summed E-state index contributed by atoms with van der Waals surface area (Å²) in [7, 11) is 0. The fraction of sp³-hybridized carbons (Fsp3) is 0.395. The zero-order valence-electron chi connectivity index (χ0n) is 29.2. The Labute approximate surface area is 294 Å². The van der Waals surface area contributed by atoms with E-state index < -0.39 is 6.29 Å². The Morgan fingerprint density at radius 3 is 2.18 bits per heavy atom. The van der Waals surface area contributed by atoms with Gasteiger partial charge in [0.25, 0.3) is 11.8 Å². The van der Waals surface area contributed by atoms with E-state index >= 15 is 0 Å². The number of hydrogen-bond acceptors (Lipinski definition) is 6. The number of aliphatic hydroxyl groups is 1. The summed E-state index contributed by atoms with van der Waals surface area (Å²) in [5.41, 5.74) is 7.41. The third kappa shape index (κ3) is 6.44. The van der Waals surface area contributed by atoms with Gasteiger partial charge in [-0.1, -0.05) is 93.6 Å². The molecule has 1 aliphatic carbocycles. The van der Waals surface area contributed by atoms with Gasteiger partial charge in [-0.25, -0.2) is 0 Å². The van der Waals surface area contributed by atoms with Gasteiger partial charge in [0.2, 0.25) is 0 Å². The van der Waals surface area contributed by atoms with E-state index in [9.17, 15) is 14.7 Å². The van der Waals surface area contributed by atoms with Gasteiger partial charge in [0, 0.05) is 31.1 Å². The molecule has 2 saturated heterocycles. The zero-order chi connectivity index (χ0) is 34.6. The minimum absolute atomic E-state index is 0.00558. The van der Waals surface area contributed by atoms with Crippen molar-refractivity contribution in [3.05, 3.63) is 130 Å². The molecular weight excluding hydrogens is 624 g/mol.